The minimum absolute atomic E-state index is 0.428. The molecule has 0 bridgehead atoms. The Bertz CT molecular complexity index is 209. The topological polar surface area (TPSA) is 21.7 Å². The van der Waals surface area contributed by atoms with Crippen molar-refractivity contribution in [3.05, 3.63) is 0 Å². The number of nitrogens with zero attached hydrogens (tertiary/aromatic N) is 1. The predicted octanol–water partition coefficient (Wildman–Crippen LogP) is 2.80. The zero-order valence-electron chi connectivity index (χ0n) is 12.7. The number of hydrogen-bond donors (Lipinski definition) is 0. The van der Waals surface area contributed by atoms with Gasteiger partial charge in [-0.25, -0.2) is 0 Å². The van der Waals surface area contributed by atoms with Gasteiger partial charge in [-0.15, -0.1) is 0 Å². The molecular formula is C15H31NO2. The molecule has 0 spiro atoms. The van der Waals surface area contributed by atoms with E-state index in [1.165, 1.54) is 19.4 Å². The first kappa shape index (κ1) is 15.9. The Morgan fingerprint density at radius 1 is 1.28 bits per heavy atom. The van der Waals surface area contributed by atoms with Crippen molar-refractivity contribution in [2.45, 2.75) is 46.1 Å². The van der Waals surface area contributed by atoms with Crippen molar-refractivity contribution in [2.75, 3.05) is 40.0 Å². The van der Waals surface area contributed by atoms with Crippen LogP contribution < -0.4 is 0 Å². The van der Waals surface area contributed by atoms with E-state index in [-0.39, 0.29) is 0 Å². The standard InChI is InChI=1S/C15H31NO2/c1-13(2)5-7-16-8-10-18-15(12-16)11-14(3)6-9-17-4/h13-15H,5-12H2,1-4H3. The second-order valence-corrected chi connectivity index (χ2v) is 6.10. The van der Waals surface area contributed by atoms with E-state index in [1.54, 1.807) is 7.11 Å². The fourth-order valence-electron chi connectivity index (χ4n) is 2.45. The van der Waals surface area contributed by atoms with E-state index in [9.17, 15) is 0 Å². The molecule has 1 heterocycles. The third-order valence-corrected chi connectivity index (χ3v) is 3.73. The van der Waals surface area contributed by atoms with Crippen LogP contribution in [0.25, 0.3) is 0 Å². The molecular weight excluding hydrogens is 226 g/mol. The lowest BCUT2D eigenvalue weighted by Gasteiger charge is -2.34. The van der Waals surface area contributed by atoms with Gasteiger partial charge in [0.2, 0.25) is 0 Å². The molecule has 0 saturated carbocycles. The van der Waals surface area contributed by atoms with Crippen LogP contribution in [0.4, 0.5) is 0 Å². The van der Waals surface area contributed by atoms with Crippen LogP contribution in [0.15, 0.2) is 0 Å². The SMILES string of the molecule is COCCC(C)CC1CN(CCC(C)C)CCO1. The molecule has 3 heteroatoms. The van der Waals surface area contributed by atoms with E-state index < -0.39 is 0 Å². The van der Waals surface area contributed by atoms with Crippen LogP contribution in [0.3, 0.4) is 0 Å². The summed E-state index contributed by atoms with van der Waals surface area (Å²) in [6, 6.07) is 0. The average molecular weight is 257 g/mol. The van der Waals surface area contributed by atoms with Crippen LogP contribution in [0.5, 0.6) is 0 Å². The summed E-state index contributed by atoms with van der Waals surface area (Å²) in [4.78, 5) is 2.57. The molecule has 0 aliphatic carbocycles. The first-order valence-electron chi connectivity index (χ1n) is 7.44. The highest BCUT2D eigenvalue weighted by Gasteiger charge is 2.22. The number of morpholine rings is 1. The second-order valence-electron chi connectivity index (χ2n) is 6.10. The van der Waals surface area contributed by atoms with Crippen molar-refractivity contribution in [1.29, 1.82) is 0 Å². The molecule has 1 aliphatic heterocycles. The smallest absolute Gasteiger partial charge is 0.0705 e. The van der Waals surface area contributed by atoms with Crippen LogP contribution in [-0.4, -0.2) is 51.0 Å². The second kappa shape index (κ2) is 8.89. The molecule has 1 aliphatic rings. The van der Waals surface area contributed by atoms with E-state index in [0.717, 1.165) is 38.6 Å². The zero-order chi connectivity index (χ0) is 13.4. The Balaban J connectivity index is 2.21. The summed E-state index contributed by atoms with van der Waals surface area (Å²) in [6.45, 7) is 12.1. The van der Waals surface area contributed by atoms with Crippen LogP contribution in [0.1, 0.15) is 40.0 Å². The highest BCUT2D eigenvalue weighted by Crippen LogP contribution is 2.17. The van der Waals surface area contributed by atoms with Gasteiger partial charge in [0.1, 0.15) is 0 Å². The van der Waals surface area contributed by atoms with Crippen LogP contribution >= 0.6 is 0 Å². The maximum atomic E-state index is 5.88. The Labute approximate surface area is 113 Å². The lowest BCUT2D eigenvalue weighted by atomic mass is 9.99. The summed E-state index contributed by atoms with van der Waals surface area (Å²) in [5.41, 5.74) is 0. The third-order valence-electron chi connectivity index (χ3n) is 3.73. The van der Waals surface area contributed by atoms with Gasteiger partial charge in [0, 0.05) is 26.8 Å². The molecule has 0 amide bonds. The Hall–Kier alpha value is -0.120. The maximum Gasteiger partial charge on any atom is 0.0705 e. The Kier molecular flexibility index (Phi) is 7.87. The van der Waals surface area contributed by atoms with Crippen LogP contribution in [0, 0.1) is 11.8 Å². The fourth-order valence-corrected chi connectivity index (χ4v) is 2.45. The summed E-state index contributed by atoms with van der Waals surface area (Å²) in [7, 11) is 1.78. The van der Waals surface area contributed by atoms with Crippen molar-refractivity contribution in [1.82, 2.24) is 4.90 Å². The van der Waals surface area contributed by atoms with Crippen molar-refractivity contribution >= 4 is 0 Å². The summed E-state index contributed by atoms with van der Waals surface area (Å²) in [5.74, 6) is 1.49. The Morgan fingerprint density at radius 3 is 2.72 bits per heavy atom. The number of ether oxygens (including phenoxy) is 2. The fraction of sp³-hybridized carbons (Fsp3) is 1.00. The van der Waals surface area contributed by atoms with Gasteiger partial charge in [0.15, 0.2) is 0 Å². The van der Waals surface area contributed by atoms with Gasteiger partial charge in [0.25, 0.3) is 0 Å². The summed E-state index contributed by atoms with van der Waals surface area (Å²) in [5, 5.41) is 0. The zero-order valence-corrected chi connectivity index (χ0v) is 12.7. The molecule has 0 aromatic rings. The molecule has 0 N–H and O–H groups in total. The minimum atomic E-state index is 0.428. The van der Waals surface area contributed by atoms with Gasteiger partial charge in [-0.2, -0.15) is 0 Å². The lowest BCUT2D eigenvalue weighted by Crippen LogP contribution is -2.43. The lowest BCUT2D eigenvalue weighted by molar-refractivity contribution is -0.0405. The average Bonchev–Trinajstić information content (AvgIpc) is 2.34. The summed E-state index contributed by atoms with van der Waals surface area (Å²) < 4.78 is 11.0. The summed E-state index contributed by atoms with van der Waals surface area (Å²) >= 11 is 0. The summed E-state index contributed by atoms with van der Waals surface area (Å²) in [6.07, 6.45) is 4.04. The third kappa shape index (κ3) is 6.72. The van der Waals surface area contributed by atoms with Crippen LogP contribution in [-0.2, 0) is 9.47 Å². The molecule has 2 atom stereocenters. The van der Waals surface area contributed by atoms with Crippen molar-refractivity contribution in [3.63, 3.8) is 0 Å². The Morgan fingerprint density at radius 2 is 2.06 bits per heavy atom. The molecule has 18 heavy (non-hydrogen) atoms. The van der Waals surface area contributed by atoms with Gasteiger partial charge in [-0.05, 0) is 37.6 Å². The van der Waals surface area contributed by atoms with E-state index >= 15 is 0 Å². The molecule has 1 saturated heterocycles. The monoisotopic (exact) mass is 257 g/mol. The normalized spacial score (nSPS) is 23.5. The van der Waals surface area contributed by atoms with Crippen molar-refractivity contribution in [2.24, 2.45) is 11.8 Å². The molecule has 0 radical (unpaired) electrons. The predicted molar refractivity (Wildman–Crippen MR) is 75.9 cm³/mol. The number of methoxy groups -OCH3 is 1. The quantitative estimate of drug-likeness (QED) is 0.667. The van der Waals surface area contributed by atoms with Gasteiger partial charge in [-0.3, -0.25) is 4.90 Å². The van der Waals surface area contributed by atoms with Gasteiger partial charge in [-0.1, -0.05) is 20.8 Å². The highest BCUT2D eigenvalue weighted by atomic mass is 16.5. The van der Waals surface area contributed by atoms with Gasteiger partial charge >= 0.3 is 0 Å². The molecule has 0 aromatic carbocycles. The molecule has 3 nitrogen and oxygen atoms in total. The van der Waals surface area contributed by atoms with Crippen LogP contribution in [0.2, 0.25) is 0 Å². The van der Waals surface area contributed by atoms with Gasteiger partial charge < -0.3 is 9.47 Å². The van der Waals surface area contributed by atoms with E-state index in [2.05, 4.69) is 25.7 Å². The maximum absolute atomic E-state index is 5.88. The van der Waals surface area contributed by atoms with Gasteiger partial charge in [0.05, 0.1) is 12.7 Å². The molecule has 1 fully saturated rings. The van der Waals surface area contributed by atoms with E-state index in [4.69, 9.17) is 9.47 Å². The molecule has 2 unspecified atom stereocenters. The first-order chi connectivity index (χ1) is 8.61. The first-order valence-corrected chi connectivity index (χ1v) is 7.44. The highest BCUT2D eigenvalue weighted by molar-refractivity contribution is 4.73. The van der Waals surface area contributed by atoms with Crippen molar-refractivity contribution < 1.29 is 9.47 Å². The molecule has 0 aromatic heterocycles. The molecule has 1 rings (SSSR count). The van der Waals surface area contributed by atoms with E-state index in [1.807, 2.05) is 0 Å². The number of hydrogen-bond acceptors (Lipinski definition) is 3. The van der Waals surface area contributed by atoms with E-state index in [0.29, 0.717) is 12.0 Å². The minimum Gasteiger partial charge on any atom is -0.385 e. The molecule has 108 valence electrons. The van der Waals surface area contributed by atoms with Crippen molar-refractivity contribution in [3.8, 4) is 0 Å². The number of rotatable bonds is 8. The largest absolute Gasteiger partial charge is 0.385 e.